The van der Waals surface area contributed by atoms with Gasteiger partial charge in [-0.05, 0) is 24.3 Å². The molecule has 0 aliphatic carbocycles. The summed E-state index contributed by atoms with van der Waals surface area (Å²) in [4.78, 5) is 46.8. The molecular formula is C18H14O8. The van der Waals surface area contributed by atoms with E-state index in [-0.39, 0.29) is 11.1 Å². The van der Waals surface area contributed by atoms with Crippen molar-refractivity contribution in [1.82, 2.24) is 0 Å². The second-order valence-electron chi connectivity index (χ2n) is 5.05. The van der Waals surface area contributed by atoms with Gasteiger partial charge in [0.25, 0.3) is 0 Å². The lowest BCUT2D eigenvalue weighted by atomic mass is 10.2. The summed E-state index contributed by atoms with van der Waals surface area (Å²) in [6, 6.07) is 14.8. The van der Waals surface area contributed by atoms with Crippen molar-refractivity contribution in [2.45, 2.75) is 12.2 Å². The summed E-state index contributed by atoms with van der Waals surface area (Å²) < 4.78 is 9.10. The Hall–Kier alpha value is -3.52. The quantitative estimate of drug-likeness (QED) is 0.579. The molecule has 0 aliphatic heterocycles. The number of carbonyl (C=O) groups excluding carboxylic acids is 3. The van der Waals surface area contributed by atoms with E-state index in [1.165, 1.54) is 48.5 Å². The molecule has 0 radical (unpaired) electrons. The van der Waals surface area contributed by atoms with Gasteiger partial charge in [0.15, 0.2) is 0 Å². The molecule has 0 heterocycles. The number of esters is 3. The average Bonchev–Trinajstić information content (AvgIpc) is 2.66. The maximum absolute atomic E-state index is 11.9. The Balaban J connectivity index is 2.06. The number of hydrogen-bond acceptors (Lipinski definition) is 7. The summed E-state index contributed by atoms with van der Waals surface area (Å²) >= 11 is 0. The highest BCUT2D eigenvalue weighted by Crippen LogP contribution is 2.10. The van der Waals surface area contributed by atoms with Crippen LogP contribution in [0.25, 0.3) is 0 Å². The normalized spacial score (nSPS) is 12.5. The van der Waals surface area contributed by atoms with E-state index < -0.39 is 36.1 Å². The Morgan fingerprint density at radius 3 is 1.69 bits per heavy atom. The number of aliphatic hydroxyl groups is 1. The van der Waals surface area contributed by atoms with Crippen molar-refractivity contribution in [3.63, 3.8) is 0 Å². The van der Waals surface area contributed by atoms with Crippen molar-refractivity contribution in [2.24, 2.45) is 0 Å². The van der Waals surface area contributed by atoms with Crippen LogP contribution in [-0.2, 0) is 19.1 Å². The molecule has 0 saturated carbocycles. The number of ether oxygens (including phenoxy) is 2. The standard InChI is InChI=1S/C18H14O8/c19-13(18(24)26-17(23)12-9-5-2-6-10-12)14(15(20)21)25-16(22)11-7-3-1-4-8-11/h1-10,13-14,19H,(H,20,21). The number of carbonyl (C=O) groups is 4. The van der Waals surface area contributed by atoms with Gasteiger partial charge in [-0.3, -0.25) is 0 Å². The molecule has 0 bridgehead atoms. The second kappa shape index (κ2) is 8.54. The fourth-order valence-corrected chi connectivity index (χ4v) is 1.92. The molecule has 2 rings (SSSR count). The first-order chi connectivity index (χ1) is 12.4. The van der Waals surface area contributed by atoms with Gasteiger partial charge in [-0.25, -0.2) is 19.2 Å². The highest BCUT2D eigenvalue weighted by molar-refractivity contribution is 5.99. The first kappa shape index (κ1) is 18.8. The Bertz CT molecular complexity index is 800. The SMILES string of the molecule is O=C(OC(=O)C(O)C(OC(=O)c1ccccc1)C(=O)O)c1ccccc1. The Morgan fingerprint density at radius 1 is 0.769 bits per heavy atom. The predicted octanol–water partition coefficient (Wildman–Crippen LogP) is 1.04. The van der Waals surface area contributed by atoms with E-state index in [4.69, 9.17) is 5.11 Å². The van der Waals surface area contributed by atoms with Gasteiger partial charge in [-0.1, -0.05) is 36.4 Å². The fourth-order valence-electron chi connectivity index (χ4n) is 1.92. The number of hydrogen-bond donors (Lipinski definition) is 2. The number of rotatable bonds is 6. The highest BCUT2D eigenvalue weighted by Gasteiger charge is 2.38. The molecule has 0 aromatic heterocycles. The van der Waals surface area contributed by atoms with E-state index in [0.717, 1.165) is 0 Å². The van der Waals surface area contributed by atoms with Gasteiger partial charge in [0.05, 0.1) is 11.1 Å². The van der Waals surface area contributed by atoms with Crippen molar-refractivity contribution in [2.75, 3.05) is 0 Å². The Morgan fingerprint density at radius 2 is 1.23 bits per heavy atom. The highest BCUT2D eigenvalue weighted by atomic mass is 16.6. The van der Waals surface area contributed by atoms with Gasteiger partial charge in [0.1, 0.15) is 0 Å². The Kier molecular flexibility index (Phi) is 6.18. The van der Waals surface area contributed by atoms with Crippen LogP contribution in [0.4, 0.5) is 0 Å². The molecule has 0 amide bonds. The van der Waals surface area contributed by atoms with E-state index in [0.29, 0.717) is 0 Å². The van der Waals surface area contributed by atoms with Gasteiger partial charge in [-0.2, -0.15) is 0 Å². The number of aliphatic carboxylic acids is 1. The van der Waals surface area contributed by atoms with Crippen LogP contribution < -0.4 is 0 Å². The summed E-state index contributed by atoms with van der Waals surface area (Å²) in [6.45, 7) is 0. The number of carboxylic acids is 1. The van der Waals surface area contributed by atoms with Gasteiger partial charge in [0.2, 0.25) is 12.2 Å². The number of aliphatic hydroxyl groups excluding tert-OH is 1. The molecule has 2 unspecified atom stereocenters. The van der Waals surface area contributed by atoms with Gasteiger partial charge >= 0.3 is 23.9 Å². The lowest BCUT2D eigenvalue weighted by molar-refractivity contribution is -0.166. The van der Waals surface area contributed by atoms with Crippen LogP contribution >= 0.6 is 0 Å². The molecule has 0 saturated heterocycles. The second-order valence-corrected chi connectivity index (χ2v) is 5.05. The van der Waals surface area contributed by atoms with Crippen molar-refractivity contribution in [1.29, 1.82) is 0 Å². The molecule has 2 N–H and O–H groups in total. The zero-order chi connectivity index (χ0) is 19.1. The molecule has 0 aliphatic rings. The number of carboxylic acid groups (broad SMARTS) is 1. The third kappa shape index (κ3) is 4.74. The topological polar surface area (TPSA) is 127 Å². The lowest BCUT2D eigenvalue weighted by Gasteiger charge is -2.18. The zero-order valence-corrected chi connectivity index (χ0v) is 13.3. The van der Waals surface area contributed by atoms with Crippen LogP contribution in [0.1, 0.15) is 20.7 Å². The smallest absolute Gasteiger partial charge is 0.348 e. The molecule has 2 atom stereocenters. The first-order valence-corrected chi connectivity index (χ1v) is 7.38. The maximum Gasteiger partial charge on any atom is 0.348 e. The molecule has 8 heteroatoms. The van der Waals surface area contributed by atoms with E-state index in [9.17, 15) is 24.3 Å². The molecule has 2 aromatic carbocycles. The molecule has 26 heavy (non-hydrogen) atoms. The minimum atomic E-state index is -2.38. The van der Waals surface area contributed by atoms with Gasteiger partial charge in [-0.15, -0.1) is 0 Å². The van der Waals surface area contributed by atoms with E-state index in [1.807, 2.05) is 0 Å². The van der Waals surface area contributed by atoms with Crippen molar-refractivity contribution in [3.05, 3.63) is 71.8 Å². The molecular weight excluding hydrogens is 344 g/mol. The molecule has 0 fully saturated rings. The third-order valence-electron chi connectivity index (χ3n) is 3.22. The van der Waals surface area contributed by atoms with Crippen LogP contribution in [0.3, 0.4) is 0 Å². The monoisotopic (exact) mass is 358 g/mol. The molecule has 0 spiro atoms. The van der Waals surface area contributed by atoms with Crippen LogP contribution in [-0.4, -0.2) is 46.3 Å². The van der Waals surface area contributed by atoms with Crippen molar-refractivity contribution < 1.29 is 38.9 Å². The fraction of sp³-hybridized carbons (Fsp3) is 0.111. The third-order valence-corrected chi connectivity index (χ3v) is 3.22. The van der Waals surface area contributed by atoms with Crippen molar-refractivity contribution >= 4 is 23.9 Å². The number of benzene rings is 2. The van der Waals surface area contributed by atoms with E-state index in [1.54, 1.807) is 12.1 Å². The summed E-state index contributed by atoms with van der Waals surface area (Å²) in [5.41, 5.74) is 0.0564. The van der Waals surface area contributed by atoms with Gasteiger partial charge < -0.3 is 19.7 Å². The van der Waals surface area contributed by atoms with Crippen LogP contribution in [0.5, 0.6) is 0 Å². The molecule has 134 valence electrons. The largest absolute Gasteiger partial charge is 0.478 e. The minimum Gasteiger partial charge on any atom is -0.478 e. The summed E-state index contributed by atoms with van der Waals surface area (Å²) in [7, 11) is 0. The lowest BCUT2D eigenvalue weighted by Crippen LogP contribution is -2.44. The molecule has 8 nitrogen and oxygen atoms in total. The summed E-state index contributed by atoms with van der Waals surface area (Å²) in [5.74, 6) is -5.45. The summed E-state index contributed by atoms with van der Waals surface area (Å²) in [5, 5.41) is 19.0. The van der Waals surface area contributed by atoms with Crippen LogP contribution in [0, 0.1) is 0 Å². The minimum absolute atomic E-state index is 0.0275. The average molecular weight is 358 g/mol. The van der Waals surface area contributed by atoms with Gasteiger partial charge in [0, 0.05) is 0 Å². The Labute approximate surface area is 147 Å². The van der Waals surface area contributed by atoms with Crippen LogP contribution in [0.2, 0.25) is 0 Å². The predicted molar refractivity (Wildman–Crippen MR) is 86.2 cm³/mol. The van der Waals surface area contributed by atoms with E-state index >= 15 is 0 Å². The maximum atomic E-state index is 11.9. The summed E-state index contributed by atoms with van der Waals surface area (Å²) in [6.07, 6.45) is -4.62. The zero-order valence-electron chi connectivity index (χ0n) is 13.3. The van der Waals surface area contributed by atoms with Crippen molar-refractivity contribution in [3.8, 4) is 0 Å². The first-order valence-electron chi connectivity index (χ1n) is 7.38. The van der Waals surface area contributed by atoms with E-state index in [2.05, 4.69) is 9.47 Å². The molecule has 2 aromatic rings. The van der Waals surface area contributed by atoms with Crippen LogP contribution in [0.15, 0.2) is 60.7 Å².